The van der Waals surface area contributed by atoms with Crippen molar-refractivity contribution in [3.63, 3.8) is 0 Å². The van der Waals surface area contributed by atoms with Crippen LogP contribution in [0.15, 0.2) is 0 Å². The lowest BCUT2D eigenvalue weighted by Gasteiger charge is -2.45. The molecule has 23 heavy (non-hydrogen) atoms. The summed E-state index contributed by atoms with van der Waals surface area (Å²) in [5, 5.41) is 0. The van der Waals surface area contributed by atoms with E-state index < -0.39 is 0 Å². The van der Waals surface area contributed by atoms with Crippen LogP contribution >= 0.6 is 0 Å². The Morgan fingerprint density at radius 3 is 2.04 bits per heavy atom. The molecule has 0 aliphatic carbocycles. The van der Waals surface area contributed by atoms with Crippen molar-refractivity contribution in [1.29, 1.82) is 0 Å². The monoisotopic (exact) mass is 316 g/mol. The second kappa shape index (κ2) is 4.99. The molecule has 2 aliphatic heterocycles. The van der Waals surface area contributed by atoms with Crippen molar-refractivity contribution >= 4 is 5.97 Å². The van der Waals surface area contributed by atoms with Crippen molar-refractivity contribution in [2.75, 3.05) is 0 Å². The smallest absolute Gasteiger partial charge is 0.314 e. The molecule has 0 radical (unpaired) electrons. The lowest BCUT2D eigenvalue weighted by atomic mass is 9.72. The summed E-state index contributed by atoms with van der Waals surface area (Å²) in [6.45, 7) is 17.0. The quantitative estimate of drug-likeness (QED) is 0.506. The van der Waals surface area contributed by atoms with Crippen LogP contribution in [0.25, 0.3) is 0 Å². The van der Waals surface area contributed by atoms with Crippen LogP contribution in [0.4, 0.5) is 0 Å². The molecule has 0 spiro atoms. The van der Waals surface area contributed by atoms with E-state index in [2.05, 4.69) is 48.5 Å². The molecule has 1 aromatic rings. The molecule has 0 fully saturated rings. The maximum Gasteiger partial charge on any atom is 0.314 e. The molecule has 2 heterocycles. The first kappa shape index (κ1) is 16.4. The molecular weight excluding hydrogens is 288 g/mol. The Bertz CT molecular complexity index is 687. The third-order valence-corrected chi connectivity index (χ3v) is 6.49. The number of carbonyl (C=O) groups excluding carboxylic acids is 1. The zero-order valence-corrected chi connectivity index (χ0v) is 15.5. The molecule has 3 heteroatoms. The third-order valence-electron chi connectivity index (χ3n) is 6.49. The van der Waals surface area contributed by atoms with Gasteiger partial charge in [0, 0.05) is 17.0 Å². The summed E-state index contributed by atoms with van der Waals surface area (Å²) >= 11 is 0. The van der Waals surface area contributed by atoms with Gasteiger partial charge in [-0.2, -0.15) is 0 Å². The average Bonchev–Trinajstić information content (AvgIpc) is 2.47. The van der Waals surface area contributed by atoms with E-state index >= 15 is 0 Å². The van der Waals surface area contributed by atoms with Crippen molar-refractivity contribution in [1.82, 2.24) is 0 Å². The predicted octanol–water partition coefficient (Wildman–Crippen LogP) is 4.87. The zero-order valence-electron chi connectivity index (χ0n) is 15.5. The van der Waals surface area contributed by atoms with Crippen LogP contribution in [0.5, 0.6) is 11.5 Å². The first-order chi connectivity index (χ1) is 10.6. The van der Waals surface area contributed by atoms with Gasteiger partial charge in [0.2, 0.25) is 0 Å². The second-order valence-electron chi connectivity index (χ2n) is 8.02. The van der Waals surface area contributed by atoms with Gasteiger partial charge in [0.25, 0.3) is 0 Å². The van der Waals surface area contributed by atoms with E-state index in [0.29, 0.717) is 5.92 Å². The number of benzene rings is 1. The Morgan fingerprint density at radius 1 is 0.826 bits per heavy atom. The Balaban J connectivity index is 2.33. The lowest BCUT2D eigenvalue weighted by molar-refractivity contribution is -0.140. The summed E-state index contributed by atoms with van der Waals surface area (Å²) in [5.74, 6) is 2.27. The van der Waals surface area contributed by atoms with Gasteiger partial charge >= 0.3 is 5.97 Å². The van der Waals surface area contributed by atoms with Crippen molar-refractivity contribution in [2.45, 2.75) is 72.8 Å². The van der Waals surface area contributed by atoms with Gasteiger partial charge in [-0.3, -0.25) is 4.79 Å². The minimum atomic E-state index is -0.227. The van der Waals surface area contributed by atoms with E-state index in [-0.39, 0.29) is 29.3 Å². The fourth-order valence-electron chi connectivity index (χ4n) is 4.05. The Labute approximate surface area is 139 Å². The van der Waals surface area contributed by atoms with Crippen molar-refractivity contribution in [3.05, 3.63) is 22.3 Å². The van der Waals surface area contributed by atoms with Crippen molar-refractivity contribution < 1.29 is 14.3 Å². The Morgan fingerprint density at radius 2 is 1.43 bits per heavy atom. The number of hydrogen-bond acceptors (Lipinski definition) is 3. The van der Waals surface area contributed by atoms with Gasteiger partial charge in [-0.1, -0.05) is 27.7 Å². The van der Waals surface area contributed by atoms with Crippen LogP contribution in [0.3, 0.4) is 0 Å². The number of rotatable bonds is 0. The highest BCUT2D eigenvalue weighted by Gasteiger charge is 2.45. The summed E-state index contributed by atoms with van der Waals surface area (Å²) in [6.07, 6.45) is 0. The fraction of sp³-hybridized carbons (Fsp3) is 0.650. The number of esters is 1. The van der Waals surface area contributed by atoms with Crippen LogP contribution in [0.2, 0.25) is 0 Å². The van der Waals surface area contributed by atoms with Gasteiger partial charge in [-0.25, -0.2) is 0 Å². The molecule has 0 saturated heterocycles. The van der Waals surface area contributed by atoms with Crippen molar-refractivity contribution in [3.8, 4) is 11.5 Å². The largest absolute Gasteiger partial charge is 0.487 e. The molecule has 0 amide bonds. The molecule has 4 unspecified atom stereocenters. The van der Waals surface area contributed by atoms with E-state index in [1.165, 1.54) is 16.7 Å². The maximum atomic E-state index is 12.3. The van der Waals surface area contributed by atoms with E-state index in [1.54, 1.807) is 0 Å². The molecule has 3 nitrogen and oxygen atoms in total. The molecular formula is C20H28O3. The molecule has 1 aromatic carbocycles. The first-order valence-electron chi connectivity index (χ1n) is 8.65. The SMILES string of the molecule is Cc1c(C)c2c(c3c1OC(C)(C)C(C)C3C)OC(=O)C(C)C2C. The highest BCUT2D eigenvalue weighted by Crippen LogP contribution is 2.55. The van der Waals surface area contributed by atoms with Gasteiger partial charge in [0.05, 0.1) is 5.92 Å². The molecule has 0 saturated carbocycles. The summed E-state index contributed by atoms with van der Waals surface area (Å²) in [5.41, 5.74) is 4.43. The van der Waals surface area contributed by atoms with Crippen LogP contribution in [-0.4, -0.2) is 11.6 Å². The third kappa shape index (κ3) is 2.12. The number of fused-ring (bicyclic) bond motifs is 3. The predicted molar refractivity (Wildman–Crippen MR) is 91.4 cm³/mol. The molecule has 0 aromatic heterocycles. The minimum absolute atomic E-state index is 0.104. The highest BCUT2D eigenvalue weighted by molar-refractivity contribution is 5.81. The molecule has 3 rings (SSSR count). The average molecular weight is 316 g/mol. The molecule has 4 atom stereocenters. The second-order valence-corrected chi connectivity index (χ2v) is 8.02. The van der Waals surface area contributed by atoms with Gasteiger partial charge in [0.15, 0.2) is 0 Å². The van der Waals surface area contributed by atoms with Gasteiger partial charge < -0.3 is 9.47 Å². The summed E-state index contributed by atoms with van der Waals surface area (Å²) < 4.78 is 12.2. The Hall–Kier alpha value is -1.51. The van der Waals surface area contributed by atoms with Crippen LogP contribution < -0.4 is 9.47 Å². The van der Waals surface area contributed by atoms with Gasteiger partial charge in [0.1, 0.15) is 17.1 Å². The van der Waals surface area contributed by atoms with Crippen LogP contribution in [-0.2, 0) is 4.79 Å². The Kier molecular flexibility index (Phi) is 3.55. The molecule has 2 aliphatic rings. The number of carbonyl (C=O) groups is 1. The minimum Gasteiger partial charge on any atom is -0.487 e. The van der Waals surface area contributed by atoms with E-state index in [9.17, 15) is 4.79 Å². The molecule has 0 bridgehead atoms. The standard InChI is InChI=1S/C20H28O3/c1-9-11(3)17-16(13(5)14(6)20(7,8)23-17)18-15(9)10(2)12(4)19(21)22-18/h10,12-14H,1-8H3. The maximum absolute atomic E-state index is 12.3. The van der Waals surface area contributed by atoms with E-state index in [1.807, 2.05) is 6.92 Å². The number of ether oxygens (including phenoxy) is 2. The van der Waals surface area contributed by atoms with Crippen LogP contribution in [0.1, 0.15) is 75.6 Å². The van der Waals surface area contributed by atoms with Crippen molar-refractivity contribution in [2.24, 2.45) is 11.8 Å². The van der Waals surface area contributed by atoms with Gasteiger partial charge in [-0.05, 0) is 50.7 Å². The van der Waals surface area contributed by atoms with E-state index in [0.717, 1.165) is 17.1 Å². The molecule has 0 N–H and O–H groups in total. The topological polar surface area (TPSA) is 35.5 Å². The summed E-state index contributed by atoms with van der Waals surface area (Å²) in [7, 11) is 0. The van der Waals surface area contributed by atoms with Crippen LogP contribution in [0, 0.1) is 25.7 Å². The summed E-state index contributed by atoms with van der Waals surface area (Å²) in [4.78, 5) is 12.3. The van der Waals surface area contributed by atoms with E-state index in [4.69, 9.17) is 9.47 Å². The fourth-order valence-corrected chi connectivity index (χ4v) is 4.05. The zero-order chi connectivity index (χ0) is 17.3. The molecule has 126 valence electrons. The normalized spacial score (nSPS) is 31.7. The first-order valence-corrected chi connectivity index (χ1v) is 8.65. The summed E-state index contributed by atoms with van der Waals surface area (Å²) in [6, 6.07) is 0. The number of hydrogen-bond donors (Lipinski definition) is 0. The van der Waals surface area contributed by atoms with Gasteiger partial charge in [-0.15, -0.1) is 0 Å². The highest BCUT2D eigenvalue weighted by atomic mass is 16.5. The lowest BCUT2D eigenvalue weighted by Crippen LogP contribution is -2.43.